The van der Waals surface area contributed by atoms with Gasteiger partial charge in [0.2, 0.25) is 11.8 Å². The topological polar surface area (TPSA) is 79.8 Å². The molecular formula is C31H30N2O5. The molecule has 5 rings (SSSR count). The van der Waals surface area contributed by atoms with Crippen molar-refractivity contribution < 1.29 is 23.0 Å². The summed E-state index contributed by atoms with van der Waals surface area (Å²) in [5, 5.41) is 0. The van der Waals surface area contributed by atoms with E-state index in [1.165, 1.54) is 5.56 Å². The van der Waals surface area contributed by atoms with Crippen LogP contribution in [0.4, 0.5) is 0 Å². The lowest BCUT2D eigenvalue weighted by atomic mass is 10.1. The molecule has 0 radical (unpaired) electrons. The molecular weight excluding hydrogens is 480 g/mol. The molecule has 38 heavy (non-hydrogen) atoms. The van der Waals surface area contributed by atoms with Crippen LogP contribution in [0.3, 0.4) is 0 Å². The first-order valence-corrected chi connectivity index (χ1v) is 12.5. The number of aryl methyl sites for hydroxylation is 3. The van der Waals surface area contributed by atoms with Crippen LogP contribution in [0.25, 0.3) is 22.9 Å². The van der Waals surface area contributed by atoms with Crippen LogP contribution in [0.5, 0.6) is 5.75 Å². The van der Waals surface area contributed by atoms with E-state index >= 15 is 0 Å². The van der Waals surface area contributed by atoms with Crippen LogP contribution >= 0.6 is 0 Å². The first kappa shape index (κ1) is 25.4. The zero-order valence-corrected chi connectivity index (χ0v) is 21.6. The standard InChI is InChI=1S/C31H30N2O5/c1-22-27(32-30(37-22)24-9-5-3-6-10-24)20-36-26-16-13-23(14-17-26)15-18-29-28(19-35-21-34-2)33-31(38-29)25-11-7-4-8-12-25/h3-14,16-17H,15,18-21H2,1-2H3. The van der Waals surface area contributed by atoms with E-state index in [-0.39, 0.29) is 6.79 Å². The van der Waals surface area contributed by atoms with Gasteiger partial charge in [-0.25, -0.2) is 9.97 Å². The Morgan fingerprint density at radius 3 is 1.97 bits per heavy atom. The molecule has 0 aliphatic heterocycles. The summed E-state index contributed by atoms with van der Waals surface area (Å²) in [5.41, 5.74) is 4.63. The lowest BCUT2D eigenvalue weighted by molar-refractivity contribution is -0.0403. The van der Waals surface area contributed by atoms with Gasteiger partial charge in [0.05, 0.1) is 6.61 Å². The quantitative estimate of drug-likeness (QED) is 0.135. The van der Waals surface area contributed by atoms with E-state index < -0.39 is 0 Å². The van der Waals surface area contributed by atoms with Crippen LogP contribution in [0.1, 0.15) is 28.5 Å². The molecule has 0 saturated carbocycles. The average molecular weight is 511 g/mol. The predicted octanol–water partition coefficient (Wildman–Crippen LogP) is 6.79. The number of benzene rings is 3. The number of aromatic nitrogens is 2. The maximum atomic E-state index is 6.14. The SMILES string of the molecule is COCOCc1nc(-c2ccccc2)oc1CCc1ccc(OCc2nc(-c3ccccc3)oc2C)cc1. The van der Waals surface area contributed by atoms with Crippen LogP contribution in [-0.4, -0.2) is 23.9 Å². The van der Waals surface area contributed by atoms with Crippen molar-refractivity contribution in [3.63, 3.8) is 0 Å². The third kappa shape index (κ3) is 6.37. The maximum Gasteiger partial charge on any atom is 0.226 e. The molecule has 0 spiro atoms. The minimum absolute atomic E-state index is 0.204. The first-order chi connectivity index (χ1) is 18.7. The molecule has 0 bridgehead atoms. The van der Waals surface area contributed by atoms with Crippen LogP contribution in [0, 0.1) is 6.92 Å². The second kappa shape index (κ2) is 12.4. The second-order valence-corrected chi connectivity index (χ2v) is 8.83. The van der Waals surface area contributed by atoms with Gasteiger partial charge in [-0.05, 0) is 55.3 Å². The van der Waals surface area contributed by atoms with Gasteiger partial charge >= 0.3 is 0 Å². The number of hydrogen-bond acceptors (Lipinski definition) is 7. The normalized spacial score (nSPS) is 11.1. The Morgan fingerprint density at radius 2 is 1.32 bits per heavy atom. The fourth-order valence-electron chi connectivity index (χ4n) is 4.05. The molecule has 3 aromatic carbocycles. The molecule has 0 fully saturated rings. The highest BCUT2D eigenvalue weighted by Crippen LogP contribution is 2.25. The van der Waals surface area contributed by atoms with Crippen molar-refractivity contribution in [2.75, 3.05) is 13.9 Å². The Labute approximate surface area is 222 Å². The molecule has 0 amide bonds. The van der Waals surface area contributed by atoms with Gasteiger partial charge in [-0.2, -0.15) is 0 Å². The minimum atomic E-state index is 0.204. The van der Waals surface area contributed by atoms with Gasteiger partial charge in [0, 0.05) is 24.7 Å². The largest absolute Gasteiger partial charge is 0.487 e. The van der Waals surface area contributed by atoms with E-state index in [0.717, 1.165) is 46.2 Å². The molecule has 2 aromatic heterocycles. The molecule has 0 saturated heterocycles. The smallest absolute Gasteiger partial charge is 0.226 e. The van der Waals surface area contributed by atoms with Gasteiger partial charge in [-0.1, -0.05) is 48.5 Å². The Bertz CT molecular complexity index is 1430. The monoisotopic (exact) mass is 510 g/mol. The lowest BCUT2D eigenvalue weighted by Crippen LogP contribution is -2.01. The van der Waals surface area contributed by atoms with Crippen LogP contribution in [0.2, 0.25) is 0 Å². The molecule has 0 aliphatic carbocycles. The van der Waals surface area contributed by atoms with E-state index in [2.05, 4.69) is 22.1 Å². The summed E-state index contributed by atoms with van der Waals surface area (Å²) in [4.78, 5) is 9.29. The summed E-state index contributed by atoms with van der Waals surface area (Å²) in [5.74, 6) is 3.55. The Kier molecular flexibility index (Phi) is 8.28. The van der Waals surface area contributed by atoms with Gasteiger partial charge < -0.3 is 23.0 Å². The number of oxazole rings is 2. The van der Waals surface area contributed by atoms with E-state index in [9.17, 15) is 0 Å². The molecule has 5 aromatic rings. The second-order valence-electron chi connectivity index (χ2n) is 8.83. The molecule has 194 valence electrons. The summed E-state index contributed by atoms with van der Waals surface area (Å²) in [6.07, 6.45) is 1.50. The minimum Gasteiger partial charge on any atom is -0.487 e. The molecule has 0 unspecified atom stereocenters. The van der Waals surface area contributed by atoms with Crippen molar-refractivity contribution in [3.05, 3.63) is 113 Å². The molecule has 7 nitrogen and oxygen atoms in total. The number of rotatable bonds is 12. The number of ether oxygens (including phenoxy) is 3. The van der Waals surface area contributed by atoms with Crippen LogP contribution in [-0.2, 0) is 35.5 Å². The zero-order chi connectivity index (χ0) is 26.2. The number of nitrogens with zero attached hydrogens (tertiary/aromatic N) is 2. The van der Waals surface area contributed by atoms with E-state index in [4.69, 9.17) is 23.0 Å². The maximum absolute atomic E-state index is 6.14. The molecule has 2 heterocycles. The highest BCUT2D eigenvalue weighted by molar-refractivity contribution is 5.54. The van der Waals surface area contributed by atoms with Crippen molar-refractivity contribution in [1.82, 2.24) is 9.97 Å². The Hall–Kier alpha value is -4.20. The van der Waals surface area contributed by atoms with E-state index in [1.807, 2.05) is 79.7 Å². The van der Waals surface area contributed by atoms with Gasteiger partial charge in [0.15, 0.2) is 0 Å². The van der Waals surface area contributed by atoms with Gasteiger partial charge in [-0.3, -0.25) is 0 Å². The summed E-state index contributed by atoms with van der Waals surface area (Å²) in [7, 11) is 1.60. The summed E-state index contributed by atoms with van der Waals surface area (Å²) < 4.78 is 28.5. The molecule has 0 atom stereocenters. The molecule has 0 N–H and O–H groups in total. The highest BCUT2D eigenvalue weighted by atomic mass is 16.7. The number of methoxy groups -OCH3 is 1. The lowest BCUT2D eigenvalue weighted by Gasteiger charge is -2.06. The van der Waals surface area contributed by atoms with E-state index in [1.54, 1.807) is 7.11 Å². The number of hydrogen-bond donors (Lipinski definition) is 0. The van der Waals surface area contributed by atoms with Crippen molar-refractivity contribution in [2.45, 2.75) is 33.0 Å². The van der Waals surface area contributed by atoms with Crippen molar-refractivity contribution in [2.24, 2.45) is 0 Å². The summed E-state index contributed by atoms with van der Waals surface area (Å²) >= 11 is 0. The average Bonchev–Trinajstić information content (AvgIpc) is 3.55. The van der Waals surface area contributed by atoms with Crippen molar-refractivity contribution in [3.8, 4) is 28.7 Å². The first-order valence-electron chi connectivity index (χ1n) is 12.5. The van der Waals surface area contributed by atoms with Crippen molar-refractivity contribution in [1.29, 1.82) is 0 Å². The zero-order valence-electron chi connectivity index (χ0n) is 21.6. The predicted molar refractivity (Wildman–Crippen MR) is 143 cm³/mol. The van der Waals surface area contributed by atoms with E-state index in [0.29, 0.717) is 31.4 Å². The third-order valence-electron chi connectivity index (χ3n) is 6.09. The van der Waals surface area contributed by atoms with Crippen LogP contribution < -0.4 is 4.74 Å². The molecule has 0 aliphatic rings. The highest BCUT2D eigenvalue weighted by Gasteiger charge is 2.15. The van der Waals surface area contributed by atoms with Gasteiger partial charge in [0.25, 0.3) is 0 Å². The van der Waals surface area contributed by atoms with Gasteiger partial charge in [0.1, 0.15) is 42.1 Å². The fraction of sp³-hybridized carbons (Fsp3) is 0.226. The Morgan fingerprint density at radius 1 is 0.684 bits per heavy atom. The third-order valence-corrected chi connectivity index (χ3v) is 6.09. The molecule has 7 heteroatoms. The Balaban J connectivity index is 1.20. The van der Waals surface area contributed by atoms with Crippen LogP contribution in [0.15, 0.2) is 93.8 Å². The van der Waals surface area contributed by atoms with Crippen molar-refractivity contribution >= 4 is 0 Å². The summed E-state index contributed by atoms with van der Waals surface area (Å²) in [6.45, 7) is 2.78. The summed E-state index contributed by atoms with van der Waals surface area (Å²) in [6, 6.07) is 27.8. The fourth-order valence-corrected chi connectivity index (χ4v) is 4.05. The van der Waals surface area contributed by atoms with Gasteiger partial charge in [-0.15, -0.1) is 0 Å².